The number of nitrogens with one attached hydrogen (secondary N) is 1. The van der Waals surface area contributed by atoms with E-state index in [-0.39, 0.29) is 5.91 Å². The number of benzene rings is 1. The van der Waals surface area contributed by atoms with E-state index in [0.29, 0.717) is 5.56 Å². The Morgan fingerprint density at radius 2 is 1.90 bits per heavy atom. The van der Waals surface area contributed by atoms with Crippen LogP contribution in [-0.2, 0) is 0 Å². The van der Waals surface area contributed by atoms with E-state index in [0.717, 1.165) is 22.8 Å². The van der Waals surface area contributed by atoms with Gasteiger partial charge in [0, 0.05) is 23.6 Å². The molecule has 1 N–H and O–H groups in total. The van der Waals surface area contributed by atoms with Crippen molar-refractivity contribution in [2.75, 3.05) is 5.32 Å². The molecule has 0 saturated carbocycles. The summed E-state index contributed by atoms with van der Waals surface area (Å²) in [6.45, 7) is 1.91. The lowest BCUT2D eigenvalue weighted by Gasteiger charge is -2.05. The van der Waals surface area contributed by atoms with Crippen molar-refractivity contribution in [1.29, 1.82) is 0 Å². The molecule has 0 aliphatic heterocycles. The first-order chi connectivity index (χ1) is 10.2. The smallest absolute Gasteiger partial charge is 0.257 e. The van der Waals surface area contributed by atoms with Crippen LogP contribution in [0.4, 0.5) is 5.69 Å². The van der Waals surface area contributed by atoms with Crippen LogP contribution in [0.3, 0.4) is 0 Å². The molecule has 0 spiro atoms. The number of hydrogen-bond donors (Lipinski definition) is 1. The highest BCUT2D eigenvalue weighted by Crippen LogP contribution is 2.23. The number of aromatic nitrogens is 1. The normalized spacial score (nSPS) is 10.3. The third-order valence-electron chi connectivity index (χ3n) is 3.09. The van der Waals surface area contributed by atoms with Crippen LogP contribution in [0.15, 0.2) is 65.3 Å². The van der Waals surface area contributed by atoms with Gasteiger partial charge >= 0.3 is 0 Å². The monoisotopic (exact) mass is 278 g/mol. The molecule has 0 atom stereocenters. The fourth-order valence-corrected chi connectivity index (χ4v) is 2.01. The molecule has 4 heteroatoms. The maximum atomic E-state index is 12.0. The fourth-order valence-electron chi connectivity index (χ4n) is 2.01. The number of anilines is 1. The molecule has 3 aromatic rings. The van der Waals surface area contributed by atoms with Crippen molar-refractivity contribution in [1.82, 2.24) is 4.98 Å². The van der Waals surface area contributed by atoms with Crippen LogP contribution >= 0.6 is 0 Å². The van der Waals surface area contributed by atoms with Crippen LogP contribution in [0.25, 0.3) is 11.3 Å². The zero-order valence-electron chi connectivity index (χ0n) is 11.5. The van der Waals surface area contributed by atoms with E-state index < -0.39 is 0 Å². The molecule has 21 heavy (non-hydrogen) atoms. The Bertz CT molecular complexity index is 746. The molecule has 3 rings (SSSR count). The number of carbonyl (C=O) groups is 1. The Morgan fingerprint density at radius 3 is 2.52 bits per heavy atom. The molecular formula is C17H14N2O2. The highest BCUT2D eigenvalue weighted by molar-refractivity contribution is 6.04. The summed E-state index contributed by atoms with van der Waals surface area (Å²) < 4.78 is 5.56. The van der Waals surface area contributed by atoms with Crippen molar-refractivity contribution in [2.45, 2.75) is 6.92 Å². The summed E-state index contributed by atoms with van der Waals surface area (Å²) in [6, 6.07) is 14.8. The Balaban J connectivity index is 1.74. The first-order valence-electron chi connectivity index (χ1n) is 6.60. The van der Waals surface area contributed by atoms with Crippen LogP contribution in [0.5, 0.6) is 0 Å². The number of rotatable bonds is 3. The van der Waals surface area contributed by atoms with Gasteiger partial charge in [-0.25, -0.2) is 0 Å². The summed E-state index contributed by atoms with van der Waals surface area (Å²) in [5, 5.41) is 2.83. The van der Waals surface area contributed by atoms with Crippen molar-refractivity contribution in [3.63, 3.8) is 0 Å². The molecule has 0 unspecified atom stereocenters. The van der Waals surface area contributed by atoms with Crippen LogP contribution in [0.2, 0.25) is 0 Å². The zero-order chi connectivity index (χ0) is 14.7. The molecule has 2 aromatic heterocycles. The van der Waals surface area contributed by atoms with Crippen LogP contribution in [0.1, 0.15) is 16.1 Å². The van der Waals surface area contributed by atoms with Crippen LogP contribution in [0, 0.1) is 6.92 Å². The van der Waals surface area contributed by atoms with Gasteiger partial charge in [-0.1, -0.05) is 0 Å². The van der Waals surface area contributed by atoms with Gasteiger partial charge in [0.05, 0.1) is 5.56 Å². The second-order valence-electron chi connectivity index (χ2n) is 4.68. The van der Waals surface area contributed by atoms with E-state index in [1.54, 1.807) is 18.3 Å². The Kier molecular flexibility index (Phi) is 3.51. The first-order valence-corrected chi connectivity index (χ1v) is 6.60. The Labute approximate surface area is 122 Å². The van der Waals surface area contributed by atoms with Gasteiger partial charge in [0.25, 0.3) is 5.91 Å². The average molecular weight is 278 g/mol. The highest BCUT2D eigenvalue weighted by atomic mass is 16.3. The standard InChI is InChI=1S/C17H14N2O2/c1-12-4-9-16(21-12)13-5-7-15(8-6-13)19-17(20)14-3-2-10-18-11-14/h2-11H,1H3,(H,19,20). The van der Waals surface area contributed by atoms with Gasteiger partial charge in [0.15, 0.2) is 0 Å². The summed E-state index contributed by atoms with van der Waals surface area (Å²) in [5.74, 6) is 1.52. The quantitative estimate of drug-likeness (QED) is 0.790. The molecule has 0 aliphatic carbocycles. The van der Waals surface area contributed by atoms with Gasteiger partial charge in [-0.05, 0) is 55.5 Å². The maximum Gasteiger partial charge on any atom is 0.257 e. The molecule has 0 fully saturated rings. The van der Waals surface area contributed by atoms with Crippen molar-refractivity contribution >= 4 is 11.6 Å². The summed E-state index contributed by atoms with van der Waals surface area (Å²) >= 11 is 0. The molecule has 0 bridgehead atoms. The predicted molar refractivity (Wildman–Crippen MR) is 81.1 cm³/mol. The molecule has 2 heterocycles. The number of furan rings is 1. The average Bonchev–Trinajstić information content (AvgIpc) is 2.95. The third kappa shape index (κ3) is 3.00. The van der Waals surface area contributed by atoms with E-state index in [1.165, 1.54) is 6.20 Å². The fraction of sp³-hybridized carbons (Fsp3) is 0.0588. The summed E-state index contributed by atoms with van der Waals surface area (Å²) in [6.07, 6.45) is 3.17. The molecule has 104 valence electrons. The largest absolute Gasteiger partial charge is 0.461 e. The lowest BCUT2D eigenvalue weighted by Crippen LogP contribution is -2.11. The van der Waals surface area contributed by atoms with E-state index in [4.69, 9.17) is 4.42 Å². The Morgan fingerprint density at radius 1 is 1.10 bits per heavy atom. The summed E-state index contributed by atoms with van der Waals surface area (Å²) in [7, 11) is 0. The van der Waals surface area contributed by atoms with Crippen molar-refractivity contribution < 1.29 is 9.21 Å². The van der Waals surface area contributed by atoms with Crippen molar-refractivity contribution in [2.24, 2.45) is 0 Å². The van der Waals surface area contributed by atoms with Crippen molar-refractivity contribution in [3.05, 3.63) is 72.2 Å². The minimum Gasteiger partial charge on any atom is -0.461 e. The lowest BCUT2D eigenvalue weighted by atomic mass is 10.1. The van der Waals surface area contributed by atoms with E-state index in [1.807, 2.05) is 43.3 Å². The van der Waals surface area contributed by atoms with E-state index in [9.17, 15) is 4.79 Å². The van der Waals surface area contributed by atoms with Crippen molar-refractivity contribution in [3.8, 4) is 11.3 Å². The molecule has 1 amide bonds. The van der Waals surface area contributed by atoms with Gasteiger partial charge in [0.2, 0.25) is 0 Å². The van der Waals surface area contributed by atoms with Crippen LogP contribution < -0.4 is 5.32 Å². The van der Waals surface area contributed by atoms with Gasteiger partial charge in [-0.2, -0.15) is 0 Å². The molecule has 0 aliphatic rings. The maximum absolute atomic E-state index is 12.0. The number of pyridine rings is 1. The van der Waals surface area contributed by atoms with Gasteiger partial charge in [-0.3, -0.25) is 9.78 Å². The van der Waals surface area contributed by atoms with Gasteiger partial charge in [0.1, 0.15) is 11.5 Å². The van der Waals surface area contributed by atoms with Gasteiger partial charge in [-0.15, -0.1) is 0 Å². The predicted octanol–water partition coefficient (Wildman–Crippen LogP) is 3.90. The summed E-state index contributed by atoms with van der Waals surface area (Å²) in [5.41, 5.74) is 2.24. The third-order valence-corrected chi connectivity index (χ3v) is 3.09. The molecular weight excluding hydrogens is 264 g/mol. The number of amides is 1. The number of aryl methyl sites for hydroxylation is 1. The first kappa shape index (κ1) is 13.1. The topological polar surface area (TPSA) is 55.1 Å². The molecule has 0 saturated heterocycles. The minimum atomic E-state index is -0.176. The molecule has 0 radical (unpaired) electrons. The number of carbonyl (C=O) groups excluding carboxylic acids is 1. The number of nitrogens with zero attached hydrogens (tertiary/aromatic N) is 1. The zero-order valence-corrected chi connectivity index (χ0v) is 11.5. The SMILES string of the molecule is Cc1ccc(-c2ccc(NC(=O)c3cccnc3)cc2)o1. The summed E-state index contributed by atoms with van der Waals surface area (Å²) in [4.78, 5) is 15.9. The number of hydrogen-bond acceptors (Lipinski definition) is 3. The van der Waals surface area contributed by atoms with Crippen LogP contribution in [-0.4, -0.2) is 10.9 Å². The van der Waals surface area contributed by atoms with E-state index >= 15 is 0 Å². The van der Waals surface area contributed by atoms with Gasteiger partial charge < -0.3 is 9.73 Å². The second kappa shape index (κ2) is 5.63. The van der Waals surface area contributed by atoms with E-state index in [2.05, 4.69) is 10.3 Å². The second-order valence-corrected chi connectivity index (χ2v) is 4.68. The lowest BCUT2D eigenvalue weighted by molar-refractivity contribution is 0.102. The molecule has 4 nitrogen and oxygen atoms in total. The minimum absolute atomic E-state index is 0.176. The molecule has 1 aromatic carbocycles. The highest BCUT2D eigenvalue weighted by Gasteiger charge is 2.06. The Hall–Kier alpha value is -2.88.